The fraction of sp³-hybridized carbons (Fsp3) is 0.417. The van der Waals surface area contributed by atoms with E-state index in [-0.39, 0.29) is 11.1 Å². The molecule has 1 aliphatic heterocycles. The first kappa shape index (κ1) is 13.0. The van der Waals surface area contributed by atoms with Crippen molar-refractivity contribution in [2.45, 2.75) is 18.9 Å². The Morgan fingerprint density at radius 1 is 1.44 bits per heavy atom. The van der Waals surface area contributed by atoms with Crippen molar-refractivity contribution in [2.24, 2.45) is 5.73 Å². The lowest BCUT2D eigenvalue weighted by Gasteiger charge is -2.31. The number of nitrogens with zero attached hydrogens (tertiary/aromatic N) is 1. The summed E-state index contributed by atoms with van der Waals surface area (Å²) in [7, 11) is 0. The molecule has 2 N–H and O–H groups in total. The number of carbonyl (C=O) groups is 1. The number of piperidine rings is 1. The smallest absolute Gasteiger partial charge is 0.314 e. The van der Waals surface area contributed by atoms with E-state index in [4.69, 9.17) is 22.1 Å². The minimum Gasteiger partial charge on any atom is -0.489 e. The molecule has 1 saturated heterocycles. The molecule has 0 bridgehead atoms. The molecule has 0 radical (unpaired) electrons. The lowest BCUT2D eigenvalue weighted by molar-refractivity contribution is 0.114. The normalized spacial score (nSPS) is 16.7. The number of hydrogen-bond acceptors (Lipinski definition) is 2. The van der Waals surface area contributed by atoms with Crippen LogP contribution in [0.3, 0.4) is 0 Å². The first-order valence-corrected chi connectivity index (χ1v) is 6.10. The molecule has 0 aliphatic carbocycles. The fourth-order valence-electron chi connectivity index (χ4n) is 1.94. The van der Waals surface area contributed by atoms with Crippen LogP contribution in [-0.4, -0.2) is 30.1 Å². The van der Waals surface area contributed by atoms with Crippen LogP contribution in [0.1, 0.15) is 12.8 Å². The third-order valence-electron chi connectivity index (χ3n) is 2.94. The maximum Gasteiger partial charge on any atom is 0.314 e. The van der Waals surface area contributed by atoms with Gasteiger partial charge in [-0.2, -0.15) is 0 Å². The summed E-state index contributed by atoms with van der Waals surface area (Å²) in [5.41, 5.74) is 5.19. The van der Waals surface area contributed by atoms with Gasteiger partial charge in [0.15, 0.2) is 0 Å². The molecule has 18 heavy (non-hydrogen) atoms. The maximum absolute atomic E-state index is 12.9. The van der Waals surface area contributed by atoms with Gasteiger partial charge in [-0.3, -0.25) is 0 Å². The van der Waals surface area contributed by atoms with Crippen LogP contribution in [0.2, 0.25) is 5.02 Å². The van der Waals surface area contributed by atoms with Gasteiger partial charge in [0.2, 0.25) is 0 Å². The van der Waals surface area contributed by atoms with Gasteiger partial charge >= 0.3 is 6.03 Å². The van der Waals surface area contributed by atoms with Crippen molar-refractivity contribution in [3.63, 3.8) is 0 Å². The number of likely N-dealkylation sites (tertiary alicyclic amines) is 1. The number of rotatable bonds is 2. The topological polar surface area (TPSA) is 55.6 Å². The molecule has 1 fully saturated rings. The van der Waals surface area contributed by atoms with E-state index in [0.29, 0.717) is 31.7 Å². The molecule has 0 atom stereocenters. The van der Waals surface area contributed by atoms with Gasteiger partial charge in [-0.15, -0.1) is 0 Å². The molecule has 6 heteroatoms. The summed E-state index contributed by atoms with van der Waals surface area (Å²) in [4.78, 5) is 12.5. The number of benzene rings is 1. The average Bonchev–Trinajstić information content (AvgIpc) is 2.33. The number of amides is 2. The third-order valence-corrected chi connectivity index (χ3v) is 3.24. The van der Waals surface area contributed by atoms with Crippen molar-refractivity contribution in [3.8, 4) is 5.75 Å². The highest BCUT2D eigenvalue weighted by Crippen LogP contribution is 2.27. The predicted molar refractivity (Wildman–Crippen MR) is 66.2 cm³/mol. The zero-order chi connectivity index (χ0) is 13.1. The summed E-state index contributed by atoms with van der Waals surface area (Å²) in [5.74, 6) is 0.0755. The SMILES string of the molecule is NC(=O)N1CCC(Oc2ccc(F)cc2Cl)CC1. The first-order chi connectivity index (χ1) is 8.56. The Labute approximate surface area is 109 Å². The van der Waals surface area contributed by atoms with Gasteiger partial charge in [0.25, 0.3) is 0 Å². The lowest BCUT2D eigenvalue weighted by Crippen LogP contribution is -2.44. The summed E-state index contributed by atoms with van der Waals surface area (Å²) in [6, 6.07) is 3.63. The maximum atomic E-state index is 12.9. The van der Waals surface area contributed by atoms with Gasteiger partial charge in [0, 0.05) is 25.9 Å². The number of urea groups is 1. The van der Waals surface area contributed by atoms with E-state index < -0.39 is 11.8 Å². The van der Waals surface area contributed by atoms with E-state index >= 15 is 0 Å². The van der Waals surface area contributed by atoms with E-state index in [0.717, 1.165) is 0 Å². The van der Waals surface area contributed by atoms with Crippen molar-refractivity contribution >= 4 is 17.6 Å². The summed E-state index contributed by atoms with van der Waals surface area (Å²) in [5, 5.41) is 0.257. The Kier molecular flexibility index (Phi) is 3.91. The second kappa shape index (κ2) is 5.44. The number of halogens is 2. The number of primary amides is 1. The molecule has 1 heterocycles. The molecule has 1 aromatic rings. The highest BCUT2D eigenvalue weighted by molar-refractivity contribution is 6.32. The molecule has 0 unspecified atom stereocenters. The van der Waals surface area contributed by atoms with Crippen LogP contribution in [0.15, 0.2) is 18.2 Å². The summed E-state index contributed by atoms with van der Waals surface area (Å²) >= 11 is 5.88. The fourth-order valence-corrected chi connectivity index (χ4v) is 2.16. The van der Waals surface area contributed by atoms with Crippen molar-refractivity contribution < 1.29 is 13.9 Å². The Bertz CT molecular complexity index is 448. The molecule has 0 saturated carbocycles. The number of nitrogens with two attached hydrogens (primary N) is 1. The quantitative estimate of drug-likeness (QED) is 0.899. The molecule has 2 amide bonds. The van der Waals surface area contributed by atoms with Gasteiger partial charge in [0.05, 0.1) is 5.02 Å². The van der Waals surface area contributed by atoms with Gasteiger partial charge in [-0.1, -0.05) is 11.6 Å². The number of hydrogen-bond donors (Lipinski definition) is 1. The minimum absolute atomic E-state index is 0.0245. The van der Waals surface area contributed by atoms with Crippen molar-refractivity contribution in [1.29, 1.82) is 0 Å². The molecule has 0 aromatic heterocycles. The molecule has 2 rings (SSSR count). The second-order valence-corrected chi connectivity index (χ2v) is 4.62. The zero-order valence-electron chi connectivity index (χ0n) is 9.73. The van der Waals surface area contributed by atoms with E-state index in [1.54, 1.807) is 4.90 Å². The van der Waals surface area contributed by atoms with Crippen molar-refractivity contribution in [1.82, 2.24) is 4.90 Å². The predicted octanol–water partition coefficient (Wildman–Crippen LogP) is 2.40. The van der Waals surface area contributed by atoms with Gasteiger partial charge < -0.3 is 15.4 Å². The molecule has 1 aliphatic rings. The number of ether oxygens (including phenoxy) is 1. The van der Waals surface area contributed by atoms with Crippen LogP contribution < -0.4 is 10.5 Å². The Balaban J connectivity index is 1.93. The van der Waals surface area contributed by atoms with Gasteiger partial charge in [-0.25, -0.2) is 9.18 Å². The molecule has 1 aromatic carbocycles. The van der Waals surface area contributed by atoms with Crippen LogP contribution in [0.4, 0.5) is 9.18 Å². The monoisotopic (exact) mass is 272 g/mol. The van der Waals surface area contributed by atoms with E-state index in [1.165, 1.54) is 18.2 Å². The molecule has 0 spiro atoms. The second-order valence-electron chi connectivity index (χ2n) is 4.22. The highest BCUT2D eigenvalue weighted by Gasteiger charge is 2.22. The number of carbonyl (C=O) groups excluding carboxylic acids is 1. The molecule has 4 nitrogen and oxygen atoms in total. The first-order valence-electron chi connectivity index (χ1n) is 5.72. The van der Waals surface area contributed by atoms with Gasteiger partial charge in [0.1, 0.15) is 17.7 Å². The van der Waals surface area contributed by atoms with E-state index in [2.05, 4.69) is 0 Å². The standard InChI is InChI=1S/C12H14ClFN2O2/c13-10-7-8(14)1-2-11(10)18-9-3-5-16(6-4-9)12(15)17/h1-2,7,9H,3-6H2,(H2,15,17). The molecule has 98 valence electrons. The summed E-state index contributed by atoms with van der Waals surface area (Å²) < 4.78 is 18.6. The van der Waals surface area contributed by atoms with Crippen LogP contribution >= 0.6 is 11.6 Å². The minimum atomic E-state index is -0.409. The largest absolute Gasteiger partial charge is 0.489 e. The van der Waals surface area contributed by atoms with Crippen LogP contribution in [0.25, 0.3) is 0 Å². The Morgan fingerprint density at radius 2 is 2.11 bits per heavy atom. The van der Waals surface area contributed by atoms with Crippen LogP contribution in [0, 0.1) is 5.82 Å². The average molecular weight is 273 g/mol. The summed E-state index contributed by atoms with van der Waals surface area (Å²) in [6.45, 7) is 1.14. The Morgan fingerprint density at radius 3 is 2.67 bits per heavy atom. The highest BCUT2D eigenvalue weighted by atomic mass is 35.5. The Hall–Kier alpha value is -1.49. The van der Waals surface area contributed by atoms with E-state index in [1.807, 2.05) is 0 Å². The van der Waals surface area contributed by atoms with Crippen molar-refractivity contribution in [3.05, 3.63) is 29.0 Å². The zero-order valence-corrected chi connectivity index (χ0v) is 10.5. The lowest BCUT2D eigenvalue weighted by atomic mass is 10.1. The molecular formula is C12H14ClFN2O2. The van der Waals surface area contributed by atoms with Crippen LogP contribution in [0.5, 0.6) is 5.75 Å². The molecular weight excluding hydrogens is 259 g/mol. The van der Waals surface area contributed by atoms with E-state index in [9.17, 15) is 9.18 Å². The van der Waals surface area contributed by atoms with Crippen molar-refractivity contribution in [2.75, 3.05) is 13.1 Å². The van der Waals surface area contributed by atoms with Crippen LogP contribution in [-0.2, 0) is 0 Å². The summed E-state index contributed by atoms with van der Waals surface area (Å²) in [6.07, 6.45) is 1.36. The van der Waals surface area contributed by atoms with Gasteiger partial charge in [-0.05, 0) is 18.2 Å². The third kappa shape index (κ3) is 3.04.